The van der Waals surface area contributed by atoms with Crippen molar-refractivity contribution in [3.05, 3.63) is 58.9 Å². The second-order valence-corrected chi connectivity index (χ2v) is 6.34. The monoisotopic (exact) mass is 376 g/mol. The van der Waals surface area contributed by atoms with Crippen molar-refractivity contribution in [1.29, 1.82) is 0 Å². The molecule has 4 rings (SSSR count). The first-order valence-corrected chi connectivity index (χ1v) is 8.32. The third-order valence-electron chi connectivity index (χ3n) is 4.51. The van der Waals surface area contributed by atoms with Crippen LogP contribution in [0.1, 0.15) is 40.5 Å². The molecule has 140 valence electrons. The number of carbonyl (C=O) groups is 1. The molecule has 0 saturated heterocycles. The zero-order chi connectivity index (χ0) is 19.1. The van der Waals surface area contributed by atoms with Crippen LogP contribution in [0.5, 0.6) is 0 Å². The van der Waals surface area contributed by atoms with Crippen LogP contribution in [0.4, 0.5) is 19.1 Å². The maximum atomic E-state index is 13.8. The summed E-state index contributed by atoms with van der Waals surface area (Å²) in [5, 5.41) is 10.7. The van der Waals surface area contributed by atoms with Gasteiger partial charge in [-0.2, -0.15) is 10.1 Å². The zero-order valence-electron chi connectivity index (χ0n) is 14.3. The van der Waals surface area contributed by atoms with E-state index in [-0.39, 0.29) is 11.9 Å². The number of nitrogens with one attached hydrogen (secondary N) is 1. The third kappa shape index (κ3) is 3.07. The molecule has 27 heavy (non-hydrogen) atoms. The number of halogens is 3. The molecule has 1 aliphatic heterocycles. The van der Waals surface area contributed by atoms with Gasteiger partial charge in [-0.25, -0.2) is 17.9 Å². The van der Waals surface area contributed by atoms with E-state index in [1.165, 1.54) is 0 Å². The molecule has 1 atom stereocenters. The standard InChI is InChI=1S/C17H15F3N6O/c1-25-8-9(7-21-25)10-3-2-6-26-15(10)22-17(24-26)23-16(27)11-4-5-12(18)14(20)13(11)19/h4-5,7-8,10H,2-3,6H2,1H3,(H,23,24,27). The van der Waals surface area contributed by atoms with Crippen molar-refractivity contribution >= 4 is 11.9 Å². The second kappa shape index (κ2) is 6.53. The summed E-state index contributed by atoms with van der Waals surface area (Å²) in [5.74, 6) is -4.94. The Morgan fingerprint density at radius 2 is 2.07 bits per heavy atom. The van der Waals surface area contributed by atoms with E-state index in [0.717, 1.165) is 24.5 Å². The number of fused-ring (bicyclic) bond motifs is 1. The SMILES string of the molecule is Cn1cc(C2CCCn3nc(NC(=O)c4ccc(F)c(F)c4F)nc32)cn1. The van der Waals surface area contributed by atoms with Crippen molar-refractivity contribution in [2.45, 2.75) is 25.3 Å². The lowest BCUT2D eigenvalue weighted by molar-refractivity contribution is 0.102. The smallest absolute Gasteiger partial charge is 0.261 e. The van der Waals surface area contributed by atoms with Crippen LogP contribution in [0.15, 0.2) is 24.5 Å². The molecule has 1 unspecified atom stereocenters. The lowest BCUT2D eigenvalue weighted by Crippen LogP contribution is -2.17. The predicted octanol–water partition coefficient (Wildman–Crippen LogP) is 2.61. The molecule has 0 saturated carbocycles. The Hall–Kier alpha value is -3.17. The quantitative estimate of drug-likeness (QED) is 0.713. The van der Waals surface area contributed by atoms with Crippen LogP contribution in [0.2, 0.25) is 0 Å². The normalized spacial score (nSPS) is 16.2. The number of benzene rings is 1. The van der Waals surface area contributed by atoms with E-state index in [1.54, 1.807) is 15.6 Å². The minimum atomic E-state index is -1.70. The molecular weight excluding hydrogens is 361 g/mol. The first-order chi connectivity index (χ1) is 12.9. The fourth-order valence-electron chi connectivity index (χ4n) is 3.21. The average Bonchev–Trinajstić information content (AvgIpc) is 3.24. The molecule has 2 aromatic heterocycles. The van der Waals surface area contributed by atoms with Gasteiger partial charge in [-0.1, -0.05) is 0 Å². The van der Waals surface area contributed by atoms with Crippen molar-refractivity contribution in [3.63, 3.8) is 0 Å². The first kappa shape index (κ1) is 17.3. The van der Waals surface area contributed by atoms with E-state index in [2.05, 4.69) is 20.5 Å². The van der Waals surface area contributed by atoms with Gasteiger partial charge in [0.1, 0.15) is 5.82 Å². The molecule has 0 radical (unpaired) electrons. The van der Waals surface area contributed by atoms with Gasteiger partial charge in [0.05, 0.1) is 11.8 Å². The van der Waals surface area contributed by atoms with Crippen molar-refractivity contribution in [3.8, 4) is 0 Å². The summed E-state index contributed by atoms with van der Waals surface area (Å²) in [6.45, 7) is 0.633. The van der Waals surface area contributed by atoms with Crippen molar-refractivity contribution in [2.24, 2.45) is 7.05 Å². The highest BCUT2D eigenvalue weighted by atomic mass is 19.2. The third-order valence-corrected chi connectivity index (χ3v) is 4.51. The topological polar surface area (TPSA) is 77.6 Å². The van der Waals surface area contributed by atoms with Gasteiger partial charge < -0.3 is 0 Å². The van der Waals surface area contributed by atoms with Gasteiger partial charge >= 0.3 is 0 Å². The lowest BCUT2D eigenvalue weighted by Gasteiger charge is -2.20. The van der Waals surface area contributed by atoms with Crippen LogP contribution >= 0.6 is 0 Å². The Bertz CT molecular complexity index is 1030. The Labute approximate surface area is 151 Å². The molecule has 0 aliphatic carbocycles. The Morgan fingerprint density at radius 3 is 2.81 bits per heavy atom. The number of hydrogen-bond donors (Lipinski definition) is 1. The van der Waals surface area contributed by atoms with E-state index < -0.39 is 28.9 Å². The molecule has 1 N–H and O–H groups in total. The van der Waals surface area contributed by atoms with Crippen molar-refractivity contribution in [1.82, 2.24) is 24.5 Å². The van der Waals surface area contributed by atoms with Crippen molar-refractivity contribution < 1.29 is 18.0 Å². The van der Waals surface area contributed by atoms with Gasteiger partial charge in [0.25, 0.3) is 5.91 Å². The van der Waals surface area contributed by atoms with E-state index in [9.17, 15) is 18.0 Å². The summed E-state index contributed by atoms with van der Waals surface area (Å²) in [7, 11) is 1.82. The highest BCUT2D eigenvalue weighted by Crippen LogP contribution is 2.32. The van der Waals surface area contributed by atoms with E-state index >= 15 is 0 Å². The van der Waals surface area contributed by atoms with Crippen LogP contribution in [-0.2, 0) is 13.6 Å². The number of carbonyl (C=O) groups excluding carboxylic acids is 1. The minimum absolute atomic E-state index is 0.0186. The zero-order valence-corrected chi connectivity index (χ0v) is 14.3. The molecule has 0 spiro atoms. The summed E-state index contributed by atoms with van der Waals surface area (Å²) in [5.41, 5.74) is 0.362. The number of anilines is 1. The van der Waals surface area contributed by atoms with E-state index in [4.69, 9.17) is 0 Å². The Balaban J connectivity index is 1.61. The molecule has 7 nitrogen and oxygen atoms in total. The Morgan fingerprint density at radius 1 is 1.26 bits per heavy atom. The number of nitrogens with zero attached hydrogens (tertiary/aromatic N) is 5. The number of hydrogen-bond acceptors (Lipinski definition) is 4. The lowest BCUT2D eigenvalue weighted by atomic mass is 9.94. The van der Waals surface area contributed by atoms with E-state index in [1.807, 2.05) is 13.2 Å². The number of aryl methyl sites for hydroxylation is 2. The molecule has 1 amide bonds. The number of amides is 1. The molecule has 1 aliphatic rings. The first-order valence-electron chi connectivity index (χ1n) is 8.32. The molecule has 3 heterocycles. The van der Waals surface area contributed by atoms with Crippen LogP contribution in [0, 0.1) is 17.5 Å². The van der Waals surface area contributed by atoms with Gasteiger partial charge in [0.2, 0.25) is 5.95 Å². The van der Waals surface area contributed by atoms with Crippen LogP contribution < -0.4 is 5.32 Å². The van der Waals surface area contributed by atoms with Gasteiger partial charge in [-0.15, -0.1) is 5.10 Å². The van der Waals surface area contributed by atoms with Gasteiger partial charge in [0, 0.05) is 31.3 Å². The van der Waals surface area contributed by atoms with Gasteiger partial charge in [0.15, 0.2) is 17.5 Å². The maximum Gasteiger partial charge on any atom is 0.261 e. The highest BCUT2D eigenvalue weighted by molar-refractivity contribution is 6.03. The molecule has 0 fully saturated rings. The number of rotatable bonds is 3. The van der Waals surface area contributed by atoms with Crippen LogP contribution in [0.3, 0.4) is 0 Å². The largest absolute Gasteiger partial charge is 0.289 e. The predicted molar refractivity (Wildman–Crippen MR) is 88.6 cm³/mol. The average molecular weight is 376 g/mol. The highest BCUT2D eigenvalue weighted by Gasteiger charge is 2.28. The van der Waals surface area contributed by atoms with Gasteiger partial charge in [-0.05, 0) is 25.0 Å². The molecule has 0 bridgehead atoms. The number of aromatic nitrogens is 5. The van der Waals surface area contributed by atoms with Crippen LogP contribution in [-0.4, -0.2) is 30.5 Å². The summed E-state index contributed by atoms with van der Waals surface area (Å²) in [6, 6.07) is 1.56. The van der Waals surface area contributed by atoms with Gasteiger partial charge in [-0.3, -0.25) is 14.8 Å². The molecule has 1 aromatic carbocycles. The van der Waals surface area contributed by atoms with E-state index in [0.29, 0.717) is 18.4 Å². The summed E-state index contributed by atoms with van der Waals surface area (Å²) < 4.78 is 43.5. The minimum Gasteiger partial charge on any atom is -0.289 e. The summed E-state index contributed by atoms with van der Waals surface area (Å²) >= 11 is 0. The maximum absolute atomic E-state index is 13.8. The Kier molecular flexibility index (Phi) is 4.17. The second-order valence-electron chi connectivity index (χ2n) is 6.34. The molecular formula is C17H15F3N6O. The molecule has 3 aromatic rings. The fourth-order valence-corrected chi connectivity index (χ4v) is 3.21. The fraction of sp³-hybridized carbons (Fsp3) is 0.294. The summed E-state index contributed by atoms with van der Waals surface area (Å²) in [6.07, 6.45) is 5.38. The van der Waals surface area contributed by atoms with Crippen molar-refractivity contribution in [2.75, 3.05) is 5.32 Å². The molecule has 10 heteroatoms. The van der Waals surface area contributed by atoms with Crippen LogP contribution in [0.25, 0.3) is 0 Å². The summed E-state index contributed by atoms with van der Waals surface area (Å²) in [4.78, 5) is 16.6.